The van der Waals surface area contributed by atoms with Crippen molar-refractivity contribution in [3.8, 4) is 16.9 Å². The Bertz CT molecular complexity index is 685. The normalized spacial score (nSPS) is 10.6. The SMILES string of the molecule is Cc1cn(-c2ccc(Cl)cc2)nc1-c1ccccc1. The van der Waals surface area contributed by atoms with Gasteiger partial charge in [0.05, 0.1) is 11.4 Å². The third kappa shape index (κ3) is 2.40. The minimum Gasteiger partial charge on any atom is -0.240 e. The highest BCUT2D eigenvalue weighted by Gasteiger charge is 2.08. The first-order valence-corrected chi connectivity index (χ1v) is 6.49. The molecule has 0 saturated heterocycles. The number of aryl methyl sites for hydroxylation is 1. The lowest BCUT2D eigenvalue weighted by Crippen LogP contribution is -1.94. The second-order valence-corrected chi connectivity index (χ2v) is 4.88. The first-order valence-electron chi connectivity index (χ1n) is 6.12. The van der Waals surface area contributed by atoms with Gasteiger partial charge in [-0.05, 0) is 36.8 Å². The third-order valence-electron chi connectivity index (χ3n) is 3.04. The molecule has 3 aromatic rings. The Labute approximate surface area is 117 Å². The highest BCUT2D eigenvalue weighted by molar-refractivity contribution is 6.30. The van der Waals surface area contributed by atoms with Gasteiger partial charge >= 0.3 is 0 Å². The fraction of sp³-hybridized carbons (Fsp3) is 0.0625. The van der Waals surface area contributed by atoms with Crippen LogP contribution in [0.5, 0.6) is 0 Å². The first-order chi connectivity index (χ1) is 9.24. The van der Waals surface area contributed by atoms with Gasteiger partial charge in [0, 0.05) is 16.8 Å². The molecule has 0 N–H and O–H groups in total. The summed E-state index contributed by atoms with van der Waals surface area (Å²) in [5.74, 6) is 0. The van der Waals surface area contributed by atoms with Crippen LogP contribution in [-0.2, 0) is 0 Å². The molecule has 0 aliphatic rings. The van der Waals surface area contributed by atoms with E-state index in [4.69, 9.17) is 11.6 Å². The number of hydrogen-bond acceptors (Lipinski definition) is 1. The van der Waals surface area contributed by atoms with Gasteiger partial charge < -0.3 is 0 Å². The zero-order valence-electron chi connectivity index (χ0n) is 10.5. The molecular formula is C16H13ClN2. The number of halogens is 1. The number of nitrogens with zero attached hydrogens (tertiary/aromatic N) is 2. The summed E-state index contributed by atoms with van der Waals surface area (Å²) in [6.07, 6.45) is 2.03. The standard InChI is InChI=1S/C16H13ClN2/c1-12-11-19(15-9-7-14(17)8-10-15)18-16(12)13-5-3-2-4-6-13/h2-11H,1H3. The van der Waals surface area contributed by atoms with E-state index in [2.05, 4.69) is 24.2 Å². The molecule has 0 unspecified atom stereocenters. The fourth-order valence-electron chi connectivity index (χ4n) is 2.07. The zero-order valence-corrected chi connectivity index (χ0v) is 11.3. The van der Waals surface area contributed by atoms with Gasteiger partial charge in [0.2, 0.25) is 0 Å². The molecule has 0 aliphatic heterocycles. The van der Waals surface area contributed by atoms with Crippen LogP contribution in [0.1, 0.15) is 5.56 Å². The summed E-state index contributed by atoms with van der Waals surface area (Å²) in [4.78, 5) is 0. The average Bonchev–Trinajstić information content (AvgIpc) is 2.83. The second kappa shape index (κ2) is 4.90. The van der Waals surface area contributed by atoms with Crippen molar-refractivity contribution in [1.29, 1.82) is 0 Å². The number of aromatic nitrogens is 2. The first kappa shape index (κ1) is 12.0. The van der Waals surface area contributed by atoms with Crippen molar-refractivity contribution in [3.05, 3.63) is 71.4 Å². The third-order valence-corrected chi connectivity index (χ3v) is 3.29. The molecular weight excluding hydrogens is 256 g/mol. The van der Waals surface area contributed by atoms with Gasteiger partial charge in [0.15, 0.2) is 0 Å². The summed E-state index contributed by atoms with van der Waals surface area (Å²) in [6, 6.07) is 17.9. The van der Waals surface area contributed by atoms with Crippen LogP contribution >= 0.6 is 11.6 Å². The molecule has 2 aromatic carbocycles. The van der Waals surface area contributed by atoms with Crippen molar-refractivity contribution >= 4 is 11.6 Å². The van der Waals surface area contributed by atoms with Gasteiger partial charge in [-0.25, -0.2) is 4.68 Å². The summed E-state index contributed by atoms with van der Waals surface area (Å²) in [5.41, 5.74) is 4.30. The van der Waals surface area contributed by atoms with Crippen LogP contribution in [0.3, 0.4) is 0 Å². The van der Waals surface area contributed by atoms with Crippen LogP contribution in [0.15, 0.2) is 60.8 Å². The molecule has 0 fully saturated rings. The monoisotopic (exact) mass is 268 g/mol. The highest BCUT2D eigenvalue weighted by atomic mass is 35.5. The Morgan fingerprint density at radius 2 is 1.63 bits per heavy atom. The molecule has 0 radical (unpaired) electrons. The van der Waals surface area contributed by atoms with E-state index in [1.165, 1.54) is 0 Å². The van der Waals surface area contributed by atoms with E-state index in [1.807, 2.05) is 53.3 Å². The minimum absolute atomic E-state index is 0.732. The van der Waals surface area contributed by atoms with E-state index in [-0.39, 0.29) is 0 Å². The van der Waals surface area contributed by atoms with Crippen molar-refractivity contribution in [2.75, 3.05) is 0 Å². The molecule has 0 bridgehead atoms. The molecule has 0 atom stereocenters. The lowest BCUT2D eigenvalue weighted by Gasteiger charge is -2.01. The van der Waals surface area contributed by atoms with Crippen LogP contribution < -0.4 is 0 Å². The topological polar surface area (TPSA) is 17.8 Å². The molecule has 19 heavy (non-hydrogen) atoms. The van der Waals surface area contributed by atoms with Crippen molar-refractivity contribution in [2.24, 2.45) is 0 Å². The van der Waals surface area contributed by atoms with Gasteiger partial charge in [-0.1, -0.05) is 41.9 Å². The average molecular weight is 269 g/mol. The van der Waals surface area contributed by atoms with Crippen LogP contribution in [-0.4, -0.2) is 9.78 Å². The van der Waals surface area contributed by atoms with E-state index in [9.17, 15) is 0 Å². The molecule has 1 heterocycles. The van der Waals surface area contributed by atoms with E-state index in [0.29, 0.717) is 0 Å². The molecule has 0 amide bonds. The van der Waals surface area contributed by atoms with Crippen LogP contribution in [0.4, 0.5) is 0 Å². The number of benzene rings is 2. The molecule has 2 nitrogen and oxygen atoms in total. The smallest absolute Gasteiger partial charge is 0.0956 e. The van der Waals surface area contributed by atoms with Crippen molar-refractivity contribution in [3.63, 3.8) is 0 Å². The Morgan fingerprint density at radius 1 is 0.947 bits per heavy atom. The van der Waals surface area contributed by atoms with Crippen LogP contribution in [0.25, 0.3) is 16.9 Å². The Balaban J connectivity index is 2.04. The molecule has 0 spiro atoms. The number of rotatable bonds is 2. The van der Waals surface area contributed by atoms with Crippen LogP contribution in [0, 0.1) is 6.92 Å². The lowest BCUT2D eigenvalue weighted by molar-refractivity contribution is 0.884. The second-order valence-electron chi connectivity index (χ2n) is 4.45. The van der Waals surface area contributed by atoms with Crippen molar-refractivity contribution < 1.29 is 0 Å². The van der Waals surface area contributed by atoms with E-state index >= 15 is 0 Å². The summed E-state index contributed by atoms with van der Waals surface area (Å²) < 4.78 is 1.88. The molecule has 1 aromatic heterocycles. The Hall–Kier alpha value is -2.06. The van der Waals surface area contributed by atoms with Gasteiger partial charge in [0.1, 0.15) is 0 Å². The summed E-state index contributed by atoms with van der Waals surface area (Å²) in [5, 5.41) is 5.39. The highest BCUT2D eigenvalue weighted by Crippen LogP contribution is 2.23. The summed E-state index contributed by atoms with van der Waals surface area (Å²) >= 11 is 5.90. The van der Waals surface area contributed by atoms with E-state index in [1.54, 1.807) is 0 Å². The molecule has 94 valence electrons. The van der Waals surface area contributed by atoms with Crippen molar-refractivity contribution in [1.82, 2.24) is 9.78 Å². The van der Waals surface area contributed by atoms with Gasteiger partial charge in [-0.3, -0.25) is 0 Å². The van der Waals surface area contributed by atoms with Gasteiger partial charge in [-0.2, -0.15) is 5.10 Å². The predicted molar refractivity (Wildman–Crippen MR) is 78.7 cm³/mol. The molecule has 3 rings (SSSR count). The zero-order chi connectivity index (χ0) is 13.2. The van der Waals surface area contributed by atoms with Gasteiger partial charge in [0.25, 0.3) is 0 Å². The van der Waals surface area contributed by atoms with Crippen LogP contribution in [0.2, 0.25) is 5.02 Å². The largest absolute Gasteiger partial charge is 0.240 e. The van der Waals surface area contributed by atoms with E-state index < -0.39 is 0 Å². The maximum absolute atomic E-state index is 5.90. The quantitative estimate of drug-likeness (QED) is 0.669. The van der Waals surface area contributed by atoms with Crippen molar-refractivity contribution in [2.45, 2.75) is 6.92 Å². The maximum atomic E-state index is 5.90. The molecule has 0 saturated carbocycles. The summed E-state index contributed by atoms with van der Waals surface area (Å²) in [6.45, 7) is 2.07. The van der Waals surface area contributed by atoms with Gasteiger partial charge in [-0.15, -0.1) is 0 Å². The predicted octanol–water partition coefficient (Wildman–Crippen LogP) is 4.50. The minimum atomic E-state index is 0.732. The Morgan fingerprint density at radius 3 is 2.32 bits per heavy atom. The molecule has 0 aliphatic carbocycles. The maximum Gasteiger partial charge on any atom is 0.0956 e. The summed E-state index contributed by atoms with van der Waals surface area (Å²) in [7, 11) is 0. The molecule has 3 heteroatoms. The van der Waals surface area contributed by atoms with E-state index in [0.717, 1.165) is 27.5 Å². The lowest BCUT2D eigenvalue weighted by atomic mass is 10.1. The Kier molecular flexibility index (Phi) is 3.10. The number of hydrogen-bond donors (Lipinski definition) is 0. The fourth-order valence-corrected chi connectivity index (χ4v) is 2.19.